The van der Waals surface area contributed by atoms with Gasteiger partial charge in [-0.1, -0.05) is 36.4 Å². The van der Waals surface area contributed by atoms with Crippen LogP contribution in [0.4, 0.5) is 5.69 Å². The Hall–Kier alpha value is -4.65. The second-order valence-corrected chi connectivity index (χ2v) is 7.55. The molecule has 0 spiro atoms. The molecule has 7 nitrogen and oxygen atoms in total. The number of fused-ring (bicyclic) bond motifs is 2. The summed E-state index contributed by atoms with van der Waals surface area (Å²) in [7, 11) is 2.52. The van der Waals surface area contributed by atoms with Crippen molar-refractivity contribution in [1.29, 1.82) is 0 Å². The van der Waals surface area contributed by atoms with Crippen molar-refractivity contribution in [3.8, 4) is 11.5 Å². The second kappa shape index (κ2) is 8.71. The number of esters is 2. The Kier molecular flexibility index (Phi) is 5.43. The number of benzene rings is 3. The first-order chi connectivity index (χ1) is 16.6. The number of carbonyl (C=O) groups excluding carboxylic acids is 2. The average molecular weight is 452 g/mol. The summed E-state index contributed by atoms with van der Waals surface area (Å²) in [5, 5.41) is 2.23. The van der Waals surface area contributed by atoms with Crippen LogP contribution in [-0.4, -0.2) is 31.1 Å². The number of carbonyl (C=O) groups is 2. The molecule has 0 atom stereocenters. The molecular formula is C27H20N2O5. The summed E-state index contributed by atoms with van der Waals surface area (Å²) in [6, 6.07) is 19.5. The molecule has 0 aliphatic carbocycles. The van der Waals surface area contributed by atoms with Gasteiger partial charge in [0.05, 0.1) is 19.8 Å². The van der Waals surface area contributed by atoms with Crippen LogP contribution in [0, 0.1) is 0 Å². The molecule has 1 aromatic heterocycles. The van der Waals surface area contributed by atoms with Crippen LogP contribution in [0.3, 0.4) is 0 Å². The van der Waals surface area contributed by atoms with Crippen molar-refractivity contribution in [3.05, 3.63) is 96.4 Å². The number of oxazole rings is 1. The minimum atomic E-state index is -0.672. The highest BCUT2D eigenvalue weighted by atomic mass is 16.5. The Morgan fingerprint density at radius 1 is 0.882 bits per heavy atom. The van der Waals surface area contributed by atoms with Crippen LogP contribution in [-0.2, 0) is 19.1 Å². The van der Waals surface area contributed by atoms with E-state index in [2.05, 4.69) is 11.1 Å². The number of rotatable bonds is 4. The van der Waals surface area contributed by atoms with Crippen LogP contribution in [0.2, 0.25) is 0 Å². The number of methoxy groups -OCH3 is 2. The number of nitrogens with zero attached hydrogens (tertiary/aromatic N) is 2. The molecule has 0 bridgehead atoms. The zero-order valence-electron chi connectivity index (χ0n) is 18.5. The lowest BCUT2D eigenvalue weighted by Crippen LogP contribution is -2.26. The summed E-state index contributed by atoms with van der Waals surface area (Å²) in [6.07, 6.45) is 6.55. The van der Waals surface area contributed by atoms with Crippen LogP contribution in [0.15, 0.2) is 101 Å². The molecule has 0 fully saturated rings. The summed E-state index contributed by atoms with van der Waals surface area (Å²) >= 11 is 0. The Morgan fingerprint density at radius 2 is 1.68 bits per heavy atom. The van der Waals surface area contributed by atoms with Crippen molar-refractivity contribution in [2.24, 2.45) is 0 Å². The molecule has 0 N–H and O–H groups in total. The van der Waals surface area contributed by atoms with Crippen LogP contribution in [0.1, 0.15) is 0 Å². The lowest BCUT2D eigenvalue weighted by molar-refractivity contribution is -0.139. The molecule has 5 rings (SSSR count). The van der Waals surface area contributed by atoms with Gasteiger partial charge in [0, 0.05) is 17.5 Å². The fourth-order valence-corrected chi connectivity index (χ4v) is 3.88. The predicted octanol–water partition coefficient (Wildman–Crippen LogP) is 5.14. The third-order valence-electron chi connectivity index (χ3n) is 5.53. The van der Waals surface area contributed by atoms with E-state index in [4.69, 9.17) is 13.9 Å². The Bertz CT molecular complexity index is 1530. The number of aromatic nitrogens is 1. The fraction of sp³-hybridized carbons (Fsp3) is 0.0741. The van der Waals surface area contributed by atoms with Crippen molar-refractivity contribution in [1.82, 2.24) is 4.98 Å². The molecule has 0 radical (unpaired) electrons. The Labute approximate surface area is 195 Å². The molecule has 1 aliphatic rings. The van der Waals surface area contributed by atoms with Gasteiger partial charge in [-0.25, -0.2) is 14.6 Å². The number of hydrogen-bond acceptors (Lipinski definition) is 7. The third kappa shape index (κ3) is 3.73. The summed E-state index contributed by atoms with van der Waals surface area (Å²) < 4.78 is 15.8. The van der Waals surface area contributed by atoms with E-state index in [1.54, 1.807) is 41.5 Å². The van der Waals surface area contributed by atoms with E-state index in [1.165, 1.54) is 20.3 Å². The fourth-order valence-electron chi connectivity index (χ4n) is 3.88. The Morgan fingerprint density at radius 3 is 2.47 bits per heavy atom. The van der Waals surface area contributed by atoms with Crippen LogP contribution in [0.25, 0.3) is 33.3 Å². The topological polar surface area (TPSA) is 81.9 Å². The van der Waals surface area contributed by atoms with Gasteiger partial charge >= 0.3 is 11.9 Å². The standard InChI is InChI=1S/C27H20N2O5/c1-32-26(30)21-9-5-6-14-29(24(21)27(31)33-2)20-12-13-23-22(16-20)28-25(34-23)19-11-10-17-7-3-4-8-18(17)15-19/h3-16H,1-2H3. The maximum absolute atomic E-state index is 12.7. The number of anilines is 1. The smallest absolute Gasteiger partial charge is 0.355 e. The minimum Gasteiger partial charge on any atom is -0.465 e. The molecule has 34 heavy (non-hydrogen) atoms. The first kappa shape index (κ1) is 21.2. The monoisotopic (exact) mass is 452 g/mol. The normalized spacial score (nSPS) is 13.4. The highest BCUT2D eigenvalue weighted by Gasteiger charge is 2.27. The first-order valence-electron chi connectivity index (χ1n) is 10.5. The van der Waals surface area contributed by atoms with Crippen LogP contribution in [0.5, 0.6) is 0 Å². The van der Waals surface area contributed by atoms with Crippen molar-refractivity contribution in [2.45, 2.75) is 0 Å². The highest BCUT2D eigenvalue weighted by Crippen LogP contribution is 2.32. The molecule has 7 heteroatoms. The molecule has 1 aliphatic heterocycles. The van der Waals surface area contributed by atoms with Gasteiger partial charge in [-0.05, 0) is 53.3 Å². The van der Waals surface area contributed by atoms with Gasteiger partial charge in [0.2, 0.25) is 5.89 Å². The summed E-state index contributed by atoms with van der Waals surface area (Å²) in [6.45, 7) is 0. The summed E-state index contributed by atoms with van der Waals surface area (Å²) in [4.78, 5) is 31.3. The molecule has 4 aromatic rings. The van der Waals surface area contributed by atoms with E-state index in [-0.39, 0.29) is 11.3 Å². The number of ether oxygens (including phenoxy) is 2. The maximum Gasteiger partial charge on any atom is 0.355 e. The van der Waals surface area contributed by atoms with Gasteiger partial charge < -0.3 is 18.8 Å². The highest BCUT2D eigenvalue weighted by molar-refractivity contribution is 6.05. The van der Waals surface area contributed by atoms with Gasteiger partial charge in [0.1, 0.15) is 11.2 Å². The van der Waals surface area contributed by atoms with Crippen LogP contribution >= 0.6 is 0 Å². The molecule has 3 aromatic carbocycles. The van der Waals surface area contributed by atoms with Gasteiger partial charge in [0.25, 0.3) is 0 Å². The lowest BCUT2D eigenvalue weighted by atomic mass is 10.1. The van der Waals surface area contributed by atoms with E-state index >= 15 is 0 Å². The van der Waals surface area contributed by atoms with E-state index in [1.807, 2.05) is 36.4 Å². The number of hydrogen-bond donors (Lipinski definition) is 0. The number of allylic oxidation sites excluding steroid dienone is 2. The van der Waals surface area contributed by atoms with Crippen molar-refractivity contribution in [3.63, 3.8) is 0 Å². The summed E-state index contributed by atoms with van der Waals surface area (Å²) in [5.74, 6) is -0.829. The SMILES string of the molecule is COC(=O)C1=C(C(=O)OC)N(c2ccc3oc(-c4ccc5ccccc5c4)nc3c2)C=CC=C1. The molecule has 0 saturated heterocycles. The largest absolute Gasteiger partial charge is 0.465 e. The van der Waals surface area contributed by atoms with Gasteiger partial charge in [0.15, 0.2) is 5.58 Å². The summed E-state index contributed by atoms with van der Waals surface area (Å²) in [5.41, 5.74) is 2.79. The lowest BCUT2D eigenvalue weighted by Gasteiger charge is -2.22. The zero-order valence-corrected chi connectivity index (χ0v) is 18.5. The van der Waals surface area contributed by atoms with Gasteiger partial charge in [-0.15, -0.1) is 0 Å². The second-order valence-electron chi connectivity index (χ2n) is 7.55. The minimum absolute atomic E-state index is 0.0388. The quantitative estimate of drug-likeness (QED) is 0.397. The average Bonchev–Trinajstić information content (AvgIpc) is 3.18. The van der Waals surface area contributed by atoms with Crippen molar-refractivity contribution in [2.75, 3.05) is 19.1 Å². The molecule has 2 heterocycles. The first-order valence-corrected chi connectivity index (χ1v) is 10.5. The van der Waals surface area contributed by atoms with E-state index in [9.17, 15) is 9.59 Å². The van der Waals surface area contributed by atoms with Gasteiger partial charge in [-0.3, -0.25) is 0 Å². The molecule has 168 valence electrons. The van der Waals surface area contributed by atoms with Crippen LogP contribution < -0.4 is 4.90 Å². The van der Waals surface area contributed by atoms with Gasteiger partial charge in [-0.2, -0.15) is 0 Å². The van der Waals surface area contributed by atoms with Crippen molar-refractivity contribution < 1.29 is 23.5 Å². The maximum atomic E-state index is 12.7. The van der Waals surface area contributed by atoms with Crippen molar-refractivity contribution >= 4 is 39.5 Å². The molecular weight excluding hydrogens is 432 g/mol. The molecule has 0 saturated carbocycles. The molecule has 0 amide bonds. The third-order valence-corrected chi connectivity index (χ3v) is 5.53. The zero-order chi connectivity index (χ0) is 23.7. The van der Waals surface area contributed by atoms with E-state index < -0.39 is 11.9 Å². The predicted molar refractivity (Wildman–Crippen MR) is 129 cm³/mol. The van der Waals surface area contributed by atoms with E-state index in [0.29, 0.717) is 22.7 Å². The Balaban J connectivity index is 1.59. The van der Waals surface area contributed by atoms with E-state index in [0.717, 1.165) is 16.3 Å². The molecule has 0 unspecified atom stereocenters.